The molecule has 1 heterocycles. The van der Waals surface area contributed by atoms with Gasteiger partial charge >= 0.3 is 0 Å². The lowest BCUT2D eigenvalue weighted by atomic mass is 10.4. The van der Waals surface area contributed by atoms with Crippen LogP contribution in [0.15, 0.2) is 0 Å². The molecule has 1 aliphatic heterocycles. The van der Waals surface area contributed by atoms with Crippen LogP contribution in [0.4, 0.5) is 0 Å². The van der Waals surface area contributed by atoms with Gasteiger partial charge in [0.25, 0.3) is 10.2 Å². The van der Waals surface area contributed by atoms with E-state index in [1.54, 1.807) is 11.4 Å². The van der Waals surface area contributed by atoms with Crippen LogP contribution in [-0.2, 0) is 10.2 Å². The molecular weight excluding hydrogens is 262 g/mol. The second kappa shape index (κ2) is 6.89. The molecule has 0 atom stereocenters. The van der Waals surface area contributed by atoms with Crippen molar-refractivity contribution in [3.63, 3.8) is 0 Å². The Hall–Kier alpha value is 0.120. The van der Waals surface area contributed by atoms with Crippen molar-refractivity contribution < 1.29 is 8.42 Å². The third kappa shape index (κ3) is 4.06. The zero-order valence-corrected chi connectivity index (χ0v) is 12.2. The van der Waals surface area contributed by atoms with Crippen LogP contribution in [0.5, 0.6) is 0 Å². The predicted molar refractivity (Wildman–Crippen MR) is 70.6 cm³/mol. The molecule has 1 fully saturated rings. The van der Waals surface area contributed by atoms with E-state index in [1.165, 1.54) is 4.31 Å². The fourth-order valence-electron chi connectivity index (χ4n) is 1.87. The number of hydrogen-bond donors (Lipinski definition) is 0. The average Bonchev–Trinajstić information content (AvgIpc) is 2.35. The van der Waals surface area contributed by atoms with Crippen molar-refractivity contribution in [3.05, 3.63) is 0 Å². The highest BCUT2D eigenvalue weighted by Crippen LogP contribution is 2.11. The molecule has 0 saturated carbocycles. The number of nitrogens with zero attached hydrogens (tertiary/aromatic N) is 3. The molecule has 0 aliphatic carbocycles. The highest BCUT2D eigenvalue weighted by molar-refractivity contribution is 7.86. The maximum atomic E-state index is 12.2. The van der Waals surface area contributed by atoms with Gasteiger partial charge in [0.15, 0.2) is 0 Å². The minimum Gasteiger partial charge on any atom is -0.301 e. The highest BCUT2D eigenvalue weighted by atomic mass is 35.5. The molecule has 0 amide bonds. The van der Waals surface area contributed by atoms with Crippen LogP contribution in [-0.4, -0.2) is 74.1 Å². The molecule has 1 rings (SSSR count). The SMILES string of the molecule is CCN1CCN(S(=O)(=O)N(C)CCCCl)CC1. The molecule has 17 heavy (non-hydrogen) atoms. The van der Waals surface area contributed by atoms with E-state index >= 15 is 0 Å². The van der Waals surface area contributed by atoms with Crippen molar-refractivity contribution in [3.8, 4) is 0 Å². The van der Waals surface area contributed by atoms with Crippen LogP contribution < -0.4 is 0 Å². The van der Waals surface area contributed by atoms with Gasteiger partial charge in [0, 0.05) is 45.7 Å². The van der Waals surface area contributed by atoms with Crippen molar-refractivity contribution >= 4 is 21.8 Å². The minimum absolute atomic E-state index is 0.486. The lowest BCUT2D eigenvalue weighted by Gasteiger charge is -2.35. The molecule has 0 aromatic carbocycles. The van der Waals surface area contributed by atoms with E-state index in [-0.39, 0.29) is 0 Å². The van der Waals surface area contributed by atoms with E-state index in [4.69, 9.17) is 11.6 Å². The van der Waals surface area contributed by atoms with E-state index < -0.39 is 10.2 Å². The first-order valence-corrected chi connectivity index (χ1v) is 7.95. The molecule has 0 radical (unpaired) electrons. The molecule has 5 nitrogen and oxygen atoms in total. The normalized spacial score (nSPS) is 20.0. The van der Waals surface area contributed by atoms with Crippen LogP contribution in [0.3, 0.4) is 0 Å². The Morgan fingerprint density at radius 2 is 1.82 bits per heavy atom. The third-order valence-electron chi connectivity index (χ3n) is 3.11. The molecular formula is C10H22ClN3O2S. The molecule has 0 spiro atoms. The molecule has 0 unspecified atom stereocenters. The van der Waals surface area contributed by atoms with Gasteiger partial charge in [0.1, 0.15) is 0 Å². The molecule has 0 bridgehead atoms. The highest BCUT2D eigenvalue weighted by Gasteiger charge is 2.29. The standard InChI is InChI=1S/C10H22ClN3O2S/c1-3-13-7-9-14(10-8-13)17(15,16)12(2)6-4-5-11/h3-10H2,1-2H3. The van der Waals surface area contributed by atoms with Gasteiger partial charge in [-0.15, -0.1) is 11.6 Å². The van der Waals surface area contributed by atoms with Crippen LogP contribution in [0.2, 0.25) is 0 Å². The Bertz CT molecular complexity index is 316. The van der Waals surface area contributed by atoms with Gasteiger partial charge in [-0.3, -0.25) is 0 Å². The quantitative estimate of drug-likeness (QED) is 0.664. The van der Waals surface area contributed by atoms with E-state index in [0.29, 0.717) is 31.9 Å². The van der Waals surface area contributed by atoms with Gasteiger partial charge in [-0.05, 0) is 13.0 Å². The van der Waals surface area contributed by atoms with Gasteiger partial charge in [-0.1, -0.05) is 6.92 Å². The van der Waals surface area contributed by atoms with Gasteiger partial charge in [0.05, 0.1) is 0 Å². The Kier molecular flexibility index (Phi) is 6.16. The summed E-state index contributed by atoms with van der Waals surface area (Å²) >= 11 is 5.58. The maximum Gasteiger partial charge on any atom is 0.281 e. The summed E-state index contributed by atoms with van der Waals surface area (Å²) in [4.78, 5) is 2.25. The molecule has 102 valence electrons. The van der Waals surface area contributed by atoms with Gasteiger partial charge < -0.3 is 4.90 Å². The number of piperazine rings is 1. The summed E-state index contributed by atoms with van der Waals surface area (Å²) in [6, 6.07) is 0. The number of halogens is 1. The van der Waals surface area contributed by atoms with E-state index in [2.05, 4.69) is 11.8 Å². The van der Waals surface area contributed by atoms with Crippen molar-refractivity contribution in [2.75, 3.05) is 52.2 Å². The van der Waals surface area contributed by atoms with Crippen LogP contribution in [0.25, 0.3) is 0 Å². The molecule has 1 aliphatic rings. The lowest BCUT2D eigenvalue weighted by Crippen LogP contribution is -2.52. The second-order valence-electron chi connectivity index (χ2n) is 4.21. The van der Waals surface area contributed by atoms with E-state index in [1.807, 2.05) is 0 Å². The topological polar surface area (TPSA) is 43.9 Å². The summed E-state index contributed by atoms with van der Waals surface area (Å²) in [7, 11) is -1.67. The summed E-state index contributed by atoms with van der Waals surface area (Å²) in [5.41, 5.74) is 0. The van der Waals surface area contributed by atoms with E-state index in [0.717, 1.165) is 19.6 Å². The van der Waals surface area contributed by atoms with Crippen LogP contribution in [0, 0.1) is 0 Å². The number of hydrogen-bond acceptors (Lipinski definition) is 3. The number of alkyl halides is 1. The molecule has 1 saturated heterocycles. The fourth-order valence-corrected chi connectivity index (χ4v) is 3.37. The zero-order chi connectivity index (χ0) is 12.9. The maximum absolute atomic E-state index is 12.2. The summed E-state index contributed by atoms with van der Waals surface area (Å²) in [6.45, 7) is 6.37. The Morgan fingerprint density at radius 1 is 1.24 bits per heavy atom. The summed E-state index contributed by atoms with van der Waals surface area (Å²) in [5, 5.41) is 0. The van der Waals surface area contributed by atoms with E-state index in [9.17, 15) is 8.42 Å². The lowest BCUT2D eigenvalue weighted by molar-refractivity contribution is 0.190. The Labute approximate surface area is 109 Å². The molecule has 7 heteroatoms. The zero-order valence-electron chi connectivity index (χ0n) is 10.6. The average molecular weight is 284 g/mol. The Balaban J connectivity index is 2.53. The first-order chi connectivity index (χ1) is 8.02. The number of likely N-dealkylation sites (N-methyl/N-ethyl adjacent to an activating group) is 1. The third-order valence-corrected chi connectivity index (χ3v) is 5.36. The summed E-state index contributed by atoms with van der Waals surface area (Å²) in [5.74, 6) is 0.490. The first-order valence-electron chi connectivity index (χ1n) is 6.02. The molecule has 0 aromatic heterocycles. The minimum atomic E-state index is -3.28. The van der Waals surface area contributed by atoms with Gasteiger partial charge in [-0.25, -0.2) is 0 Å². The van der Waals surface area contributed by atoms with Crippen molar-refractivity contribution in [1.29, 1.82) is 0 Å². The van der Waals surface area contributed by atoms with Crippen molar-refractivity contribution in [1.82, 2.24) is 13.5 Å². The van der Waals surface area contributed by atoms with Gasteiger partial charge in [0.2, 0.25) is 0 Å². The molecule has 0 aromatic rings. The number of rotatable bonds is 6. The second-order valence-corrected chi connectivity index (χ2v) is 6.62. The fraction of sp³-hybridized carbons (Fsp3) is 1.00. The monoisotopic (exact) mass is 283 g/mol. The smallest absolute Gasteiger partial charge is 0.281 e. The molecule has 0 N–H and O–H groups in total. The van der Waals surface area contributed by atoms with Gasteiger partial charge in [-0.2, -0.15) is 17.0 Å². The van der Waals surface area contributed by atoms with Crippen LogP contribution in [0.1, 0.15) is 13.3 Å². The largest absolute Gasteiger partial charge is 0.301 e. The summed E-state index contributed by atoms with van der Waals surface area (Å²) in [6.07, 6.45) is 0.687. The van der Waals surface area contributed by atoms with Crippen LogP contribution >= 0.6 is 11.6 Å². The Morgan fingerprint density at radius 3 is 2.29 bits per heavy atom. The van der Waals surface area contributed by atoms with Crippen molar-refractivity contribution in [2.45, 2.75) is 13.3 Å². The van der Waals surface area contributed by atoms with Crippen molar-refractivity contribution in [2.24, 2.45) is 0 Å². The predicted octanol–water partition coefficient (Wildman–Crippen LogP) is 0.429. The first kappa shape index (κ1) is 15.2. The summed E-state index contributed by atoms with van der Waals surface area (Å²) < 4.78 is 27.3.